The molecule has 2 aromatic carbocycles. The third kappa shape index (κ3) is 3.12. The molecule has 0 radical (unpaired) electrons. The second-order valence-corrected chi connectivity index (χ2v) is 4.96. The standard InChI is InChI=1S/C18H16F2O/c1-3-11-18(21,4-2)14-7-5-13(6-8-14)16-10-9-15(19)12-17(16)20/h2,5-10,12,21H,3,11H2,1H3. The number of terminal acetylenes is 1. The minimum absolute atomic E-state index is 0.308. The highest BCUT2D eigenvalue weighted by atomic mass is 19.1. The molecular formula is C18H16F2O. The van der Waals surface area contributed by atoms with E-state index in [1.165, 1.54) is 12.1 Å². The van der Waals surface area contributed by atoms with E-state index < -0.39 is 17.2 Å². The lowest BCUT2D eigenvalue weighted by atomic mass is 9.89. The predicted molar refractivity (Wildman–Crippen MR) is 79.4 cm³/mol. The maximum Gasteiger partial charge on any atom is 0.150 e. The molecule has 0 aliphatic heterocycles. The Morgan fingerprint density at radius 1 is 1.14 bits per heavy atom. The fourth-order valence-corrected chi connectivity index (χ4v) is 2.31. The van der Waals surface area contributed by atoms with E-state index in [4.69, 9.17) is 6.42 Å². The number of hydrogen-bond donors (Lipinski definition) is 1. The highest BCUT2D eigenvalue weighted by Gasteiger charge is 2.25. The van der Waals surface area contributed by atoms with Gasteiger partial charge in [0.05, 0.1) is 0 Å². The molecule has 0 heterocycles. The molecule has 0 bridgehead atoms. The van der Waals surface area contributed by atoms with E-state index in [9.17, 15) is 13.9 Å². The van der Waals surface area contributed by atoms with Crippen molar-refractivity contribution in [3.8, 4) is 23.5 Å². The molecule has 1 nitrogen and oxygen atoms in total. The monoisotopic (exact) mass is 286 g/mol. The van der Waals surface area contributed by atoms with E-state index in [0.717, 1.165) is 12.5 Å². The Morgan fingerprint density at radius 2 is 1.81 bits per heavy atom. The summed E-state index contributed by atoms with van der Waals surface area (Å²) in [6, 6.07) is 10.1. The van der Waals surface area contributed by atoms with Crippen molar-refractivity contribution in [1.29, 1.82) is 0 Å². The molecule has 3 heteroatoms. The zero-order valence-corrected chi connectivity index (χ0v) is 11.7. The lowest BCUT2D eigenvalue weighted by Gasteiger charge is -2.22. The number of benzene rings is 2. The first-order valence-electron chi connectivity index (χ1n) is 6.76. The first-order valence-corrected chi connectivity index (χ1v) is 6.76. The predicted octanol–water partition coefficient (Wildman–Crippen LogP) is 4.25. The second kappa shape index (κ2) is 6.07. The second-order valence-electron chi connectivity index (χ2n) is 4.96. The minimum atomic E-state index is -1.31. The third-order valence-electron chi connectivity index (χ3n) is 3.46. The van der Waals surface area contributed by atoms with Crippen molar-refractivity contribution in [2.45, 2.75) is 25.4 Å². The lowest BCUT2D eigenvalue weighted by molar-refractivity contribution is 0.0896. The van der Waals surface area contributed by atoms with Gasteiger partial charge < -0.3 is 5.11 Å². The summed E-state index contributed by atoms with van der Waals surface area (Å²) in [5.74, 6) is 1.17. The van der Waals surface area contributed by atoms with Gasteiger partial charge in [0.25, 0.3) is 0 Å². The van der Waals surface area contributed by atoms with Gasteiger partial charge in [-0.1, -0.05) is 43.5 Å². The molecule has 108 valence electrons. The van der Waals surface area contributed by atoms with Gasteiger partial charge >= 0.3 is 0 Å². The van der Waals surface area contributed by atoms with Crippen molar-refractivity contribution >= 4 is 0 Å². The van der Waals surface area contributed by atoms with Crippen LogP contribution < -0.4 is 0 Å². The SMILES string of the molecule is C#CC(O)(CCC)c1ccc(-c2ccc(F)cc2F)cc1. The number of halogens is 2. The highest BCUT2D eigenvalue weighted by molar-refractivity contribution is 5.64. The van der Waals surface area contributed by atoms with E-state index in [1.54, 1.807) is 24.3 Å². The molecule has 2 rings (SSSR count). The molecule has 1 unspecified atom stereocenters. The first-order chi connectivity index (χ1) is 10.00. The first kappa shape index (κ1) is 15.2. The molecular weight excluding hydrogens is 270 g/mol. The summed E-state index contributed by atoms with van der Waals surface area (Å²) in [7, 11) is 0. The van der Waals surface area contributed by atoms with Crippen molar-refractivity contribution < 1.29 is 13.9 Å². The summed E-state index contributed by atoms with van der Waals surface area (Å²) in [4.78, 5) is 0. The molecule has 0 aliphatic rings. The van der Waals surface area contributed by atoms with Crippen molar-refractivity contribution in [3.05, 3.63) is 59.7 Å². The average Bonchev–Trinajstić information content (AvgIpc) is 2.47. The van der Waals surface area contributed by atoms with Crippen LogP contribution in [0.4, 0.5) is 8.78 Å². The summed E-state index contributed by atoms with van der Waals surface area (Å²) < 4.78 is 26.7. The molecule has 0 saturated heterocycles. The summed E-state index contributed by atoms with van der Waals surface area (Å²) in [6.45, 7) is 1.94. The van der Waals surface area contributed by atoms with Crippen molar-refractivity contribution in [2.24, 2.45) is 0 Å². The van der Waals surface area contributed by atoms with E-state index in [2.05, 4.69) is 5.92 Å². The molecule has 21 heavy (non-hydrogen) atoms. The van der Waals surface area contributed by atoms with E-state index in [0.29, 0.717) is 23.1 Å². The van der Waals surface area contributed by atoms with Crippen molar-refractivity contribution in [3.63, 3.8) is 0 Å². The molecule has 0 saturated carbocycles. The summed E-state index contributed by atoms with van der Waals surface area (Å²) >= 11 is 0. The Hall–Kier alpha value is -2.18. The summed E-state index contributed by atoms with van der Waals surface area (Å²) in [6.07, 6.45) is 6.61. The molecule has 0 aromatic heterocycles. The largest absolute Gasteiger partial charge is 0.373 e. The van der Waals surface area contributed by atoms with Gasteiger partial charge in [0.15, 0.2) is 5.60 Å². The zero-order chi connectivity index (χ0) is 15.5. The van der Waals surface area contributed by atoms with Crippen LogP contribution >= 0.6 is 0 Å². The summed E-state index contributed by atoms with van der Waals surface area (Å²) in [5, 5.41) is 10.4. The van der Waals surface area contributed by atoms with Gasteiger partial charge in [-0.2, -0.15) is 0 Å². The molecule has 0 aliphatic carbocycles. The molecule has 2 aromatic rings. The van der Waals surface area contributed by atoms with Crippen LogP contribution in [0.25, 0.3) is 11.1 Å². The zero-order valence-electron chi connectivity index (χ0n) is 11.7. The lowest BCUT2D eigenvalue weighted by Crippen LogP contribution is -2.22. The van der Waals surface area contributed by atoms with Gasteiger partial charge in [0, 0.05) is 11.6 Å². The maximum absolute atomic E-state index is 13.7. The van der Waals surface area contributed by atoms with Crippen LogP contribution in [0.1, 0.15) is 25.3 Å². The topological polar surface area (TPSA) is 20.2 Å². The Balaban J connectivity index is 2.37. The number of aliphatic hydroxyl groups is 1. The third-order valence-corrected chi connectivity index (χ3v) is 3.46. The van der Waals surface area contributed by atoms with Crippen LogP contribution in [0.15, 0.2) is 42.5 Å². The van der Waals surface area contributed by atoms with E-state index >= 15 is 0 Å². The summed E-state index contributed by atoms with van der Waals surface area (Å²) in [5.41, 5.74) is 0.196. The van der Waals surface area contributed by atoms with Gasteiger partial charge in [-0.15, -0.1) is 6.42 Å². The fraction of sp³-hybridized carbons (Fsp3) is 0.222. The minimum Gasteiger partial charge on any atom is -0.373 e. The average molecular weight is 286 g/mol. The molecule has 1 atom stereocenters. The molecule has 0 fully saturated rings. The van der Waals surface area contributed by atoms with E-state index in [1.807, 2.05) is 6.92 Å². The molecule has 0 amide bonds. The van der Waals surface area contributed by atoms with Crippen LogP contribution in [0.3, 0.4) is 0 Å². The van der Waals surface area contributed by atoms with Gasteiger partial charge in [-0.05, 0) is 29.7 Å². The highest BCUT2D eigenvalue weighted by Crippen LogP contribution is 2.29. The molecule has 0 spiro atoms. The van der Waals surface area contributed by atoms with Crippen LogP contribution in [0.2, 0.25) is 0 Å². The van der Waals surface area contributed by atoms with Crippen molar-refractivity contribution in [2.75, 3.05) is 0 Å². The Bertz CT molecular complexity index is 671. The quantitative estimate of drug-likeness (QED) is 0.833. The number of hydrogen-bond acceptors (Lipinski definition) is 1. The van der Waals surface area contributed by atoms with Gasteiger partial charge in [-0.25, -0.2) is 8.78 Å². The Kier molecular flexibility index (Phi) is 4.40. The normalized spacial score (nSPS) is 13.5. The van der Waals surface area contributed by atoms with E-state index in [-0.39, 0.29) is 0 Å². The van der Waals surface area contributed by atoms with Crippen LogP contribution in [0.5, 0.6) is 0 Å². The van der Waals surface area contributed by atoms with Gasteiger partial charge in [0.2, 0.25) is 0 Å². The van der Waals surface area contributed by atoms with Crippen LogP contribution in [-0.4, -0.2) is 5.11 Å². The maximum atomic E-state index is 13.7. The fourth-order valence-electron chi connectivity index (χ4n) is 2.31. The Labute approximate surface area is 123 Å². The number of rotatable bonds is 4. The van der Waals surface area contributed by atoms with Crippen LogP contribution in [0, 0.1) is 24.0 Å². The van der Waals surface area contributed by atoms with Crippen molar-refractivity contribution in [1.82, 2.24) is 0 Å². The molecule has 1 N–H and O–H groups in total. The Morgan fingerprint density at radius 3 is 2.33 bits per heavy atom. The smallest absolute Gasteiger partial charge is 0.150 e. The van der Waals surface area contributed by atoms with Gasteiger partial charge in [-0.3, -0.25) is 0 Å². The van der Waals surface area contributed by atoms with Gasteiger partial charge in [0.1, 0.15) is 11.6 Å². The van der Waals surface area contributed by atoms with Crippen LogP contribution in [-0.2, 0) is 5.60 Å².